The molecule has 208 valence electrons. The normalized spacial score (nSPS) is 13.4. The minimum Gasteiger partial charge on any atom is -0.278 e. The highest BCUT2D eigenvalue weighted by molar-refractivity contribution is 6.26. The summed E-state index contributed by atoms with van der Waals surface area (Å²) in [6.45, 7) is 4.65. The highest BCUT2D eigenvalue weighted by atomic mass is 15.2. The first-order valence-corrected chi connectivity index (χ1v) is 15.1. The molecule has 0 bridgehead atoms. The van der Waals surface area contributed by atoms with Gasteiger partial charge in [-0.1, -0.05) is 123 Å². The van der Waals surface area contributed by atoms with Crippen LogP contribution in [0.1, 0.15) is 25.0 Å². The fourth-order valence-electron chi connectivity index (χ4n) is 7.28. The number of benzene rings is 5. The lowest BCUT2D eigenvalue weighted by atomic mass is 9.80. The third-order valence-electron chi connectivity index (χ3n) is 9.22. The Hall–Kier alpha value is -5.61. The van der Waals surface area contributed by atoms with Crippen molar-refractivity contribution in [3.8, 4) is 39.7 Å². The van der Waals surface area contributed by atoms with Crippen molar-refractivity contribution in [3.63, 3.8) is 0 Å². The van der Waals surface area contributed by atoms with Gasteiger partial charge in [0, 0.05) is 39.1 Å². The summed E-state index contributed by atoms with van der Waals surface area (Å²) in [5, 5.41) is 4.86. The average molecular weight is 565 g/mol. The zero-order valence-corrected chi connectivity index (χ0v) is 24.5. The lowest BCUT2D eigenvalue weighted by molar-refractivity contribution is 0.662. The van der Waals surface area contributed by atoms with E-state index in [0.29, 0.717) is 5.95 Å². The molecule has 0 amide bonds. The van der Waals surface area contributed by atoms with E-state index in [2.05, 4.69) is 134 Å². The summed E-state index contributed by atoms with van der Waals surface area (Å²) in [5.74, 6) is 0.661. The molecule has 5 aromatic carbocycles. The monoisotopic (exact) mass is 564 g/mol. The summed E-state index contributed by atoms with van der Waals surface area (Å²) in [6.07, 6.45) is 1.91. The molecule has 0 unspecified atom stereocenters. The highest BCUT2D eigenvalue weighted by Crippen LogP contribution is 2.55. The number of pyridine rings is 1. The van der Waals surface area contributed by atoms with Gasteiger partial charge in [-0.25, -0.2) is 9.97 Å². The molecule has 1 aliphatic carbocycles. The molecule has 3 aromatic heterocycles. The Balaban J connectivity index is 1.49. The molecule has 44 heavy (non-hydrogen) atoms. The van der Waals surface area contributed by atoms with E-state index in [9.17, 15) is 0 Å². The van der Waals surface area contributed by atoms with Crippen molar-refractivity contribution >= 4 is 32.6 Å². The molecule has 0 fully saturated rings. The van der Waals surface area contributed by atoms with Gasteiger partial charge in [-0.05, 0) is 40.1 Å². The van der Waals surface area contributed by atoms with E-state index < -0.39 is 0 Å². The van der Waals surface area contributed by atoms with Crippen LogP contribution in [0.3, 0.4) is 0 Å². The van der Waals surface area contributed by atoms with Crippen LogP contribution in [0.15, 0.2) is 134 Å². The van der Waals surface area contributed by atoms with Crippen LogP contribution in [-0.4, -0.2) is 19.5 Å². The van der Waals surface area contributed by atoms with E-state index in [1.807, 2.05) is 18.3 Å². The predicted octanol–water partition coefficient (Wildman–Crippen LogP) is 9.76. The molecule has 4 nitrogen and oxygen atoms in total. The summed E-state index contributed by atoms with van der Waals surface area (Å²) in [7, 11) is 0. The molecule has 0 atom stereocenters. The van der Waals surface area contributed by atoms with E-state index in [1.54, 1.807) is 0 Å². The van der Waals surface area contributed by atoms with Gasteiger partial charge in [-0.2, -0.15) is 0 Å². The standard InChI is InChI=1S/C40H28N4/c1-40(2)30-21-13-23-41-37(30)35-28-19-10-9-18-27(28)34-29-20-11-12-22-33(29)44(38(34)36(35)40)39-42-31(25-14-5-3-6-15-25)24-32(43-39)26-16-7-4-8-17-26/h3-24H,1-2H3. The largest absolute Gasteiger partial charge is 0.278 e. The van der Waals surface area contributed by atoms with Gasteiger partial charge in [-0.3, -0.25) is 9.55 Å². The maximum Gasteiger partial charge on any atom is 0.235 e. The number of hydrogen-bond donors (Lipinski definition) is 0. The van der Waals surface area contributed by atoms with Crippen LogP contribution in [0.2, 0.25) is 0 Å². The summed E-state index contributed by atoms with van der Waals surface area (Å²) in [4.78, 5) is 15.6. The Morgan fingerprint density at radius 2 is 1.18 bits per heavy atom. The number of rotatable bonds is 3. The van der Waals surface area contributed by atoms with Crippen LogP contribution in [0.4, 0.5) is 0 Å². The van der Waals surface area contributed by atoms with Crippen LogP contribution in [0.5, 0.6) is 0 Å². The SMILES string of the molecule is CC1(C)c2cccnc2-c2c1c1c(c3ccccc23)c2ccccc2n1-c1nc(-c2ccccc2)cc(-c2ccccc2)n1. The first-order valence-electron chi connectivity index (χ1n) is 15.1. The lowest BCUT2D eigenvalue weighted by Crippen LogP contribution is -2.17. The first-order chi connectivity index (χ1) is 21.6. The van der Waals surface area contributed by atoms with Crippen LogP contribution >= 0.6 is 0 Å². The zero-order chi connectivity index (χ0) is 29.4. The molecule has 0 aliphatic heterocycles. The number of para-hydroxylation sites is 1. The van der Waals surface area contributed by atoms with Gasteiger partial charge >= 0.3 is 0 Å². The molecule has 0 spiro atoms. The lowest BCUT2D eigenvalue weighted by Gasteiger charge is -2.24. The van der Waals surface area contributed by atoms with Gasteiger partial charge in [0.1, 0.15) is 0 Å². The van der Waals surface area contributed by atoms with Crippen molar-refractivity contribution in [2.75, 3.05) is 0 Å². The van der Waals surface area contributed by atoms with Gasteiger partial charge < -0.3 is 0 Å². The van der Waals surface area contributed by atoms with E-state index in [-0.39, 0.29) is 5.41 Å². The Labute approximate surface area is 255 Å². The van der Waals surface area contributed by atoms with E-state index in [1.165, 1.54) is 38.2 Å². The zero-order valence-electron chi connectivity index (χ0n) is 24.5. The average Bonchev–Trinajstić information content (AvgIpc) is 3.55. The molecule has 0 N–H and O–H groups in total. The van der Waals surface area contributed by atoms with Crippen molar-refractivity contribution in [2.45, 2.75) is 19.3 Å². The van der Waals surface area contributed by atoms with Crippen LogP contribution < -0.4 is 0 Å². The molecular formula is C40H28N4. The number of aromatic nitrogens is 4. The fraction of sp³-hybridized carbons (Fsp3) is 0.0750. The Morgan fingerprint density at radius 3 is 1.86 bits per heavy atom. The minimum atomic E-state index is -0.285. The maximum absolute atomic E-state index is 5.31. The summed E-state index contributed by atoms with van der Waals surface area (Å²) >= 11 is 0. The van der Waals surface area contributed by atoms with E-state index in [4.69, 9.17) is 15.0 Å². The summed E-state index contributed by atoms with van der Waals surface area (Å²) in [6, 6.07) is 44.6. The molecule has 0 saturated heterocycles. The molecular weight excluding hydrogens is 536 g/mol. The fourth-order valence-corrected chi connectivity index (χ4v) is 7.28. The van der Waals surface area contributed by atoms with Crippen molar-refractivity contribution in [1.82, 2.24) is 19.5 Å². The third-order valence-corrected chi connectivity index (χ3v) is 9.22. The van der Waals surface area contributed by atoms with Crippen molar-refractivity contribution < 1.29 is 0 Å². The quantitative estimate of drug-likeness (QED) is 0.215. The second kappa shape index (κ2) is 9.19. The second-order valence-electron chi connectivity index (χ2n) is 12.1. The van der Waals surface area contributed by atoms with Gasteiger partial charge in [-0.15, -0.1) is 0 Å². The molecule has 9 rings (SSSR count). The molecule has 8 aromatic rings. The van der Waals surface area contributed by atoms with Crippen molar-refractivity contribution in [1.29, 1.82) is 0 Å². The van der Waals surface area contributed by atoms with Gasteiger partial charge in [0.25, 0.3) is 0 Å². The summed E-state index contributed by atoms with van der Waals surface area (Å²) in [5.41, 5.74) is 10.6. The van der Waals surface area contributed by atoms with Crippen LogP contribution in [0.25, 0.3) is 72.3 Å². The van der Waals surface area contributed by atoms with Gasteiger partial charge in [0.2, 0.25) is 5.95 Å². The summed E-state index contributed by atoms with van der Waals surface area (Å²) < 4.78 is 2.31. The third kappa shape index (κ3) is 3.42. The second-order valence-corrected chi connectivity index (χ2v) is 12.1. The highest BCUT2D eigenvalue weighted by Gasteiger charge is 2.41. The molecule has 0 saturated carbocycles. The number of nitrogens with zero attached hydrogens (tertiary/aromatic N) is 4. The molecule has 3 heterocycles. The van der Waals surface area contributed by atoms with E-state index >= 15 is 0 Å². The Morgan fingerprint density at radius 1 is 0.591 bits per heavy atom. The Bertz CT molecular complexity index is 2350. The van der Waals surface area contributed by atoms with Gasteiger partial charge in [0.05, 0.1) is 28.1 Å². The minimum absolute atomic E-state index is 0.285. The molecule has 1 aliphatic rings. The molecule has 0 radical (unpaired) electrons. The first kappa shape index (κ1) is 24.9. The topological polar surface area (TPSA) is 43.6 Å². The Kier molecular flexibility index (Phi) is 5.21. The van der Waals surface area contributed by atoms with E-state index in [0.717, 1.165) is 39.2 Å². The molecule has 4 heteroatoms. The predicted molar refractivity (Wildman–Crippen MR) is 180 cm³/mol. The number of hydrogen-bond acceptors (Lipinski definition) is 3. The number of fused-ring (bicyclic) bond motifs is 10. The van der Waals surface area contributed by atoms with Crippen LogP contribution in [0, 0.1) is 0 Å². The maximum atomic E-state index is 5.31. The van der Waals surface area contributed by atoms with Crippen molar-refractivity contribution in [3.05, 3.63) is 145 Å². The smallest absolute Gasteiger partial charge is 0.235 e. The van der Waals surface area contributed by atoms with Crippen molar-refractivity contribution in [2.24, 2.45) is 0 Å². The van der Waals surface area contributed by atoms with Gasteiger partial charge in [0.15, 0.2) is 0 Å². The van der Waals surface area contributed by atoms with Crippen LogP contribution in [-0.2, 0) is 5.41 Å².